The van der Waals surface area contributed by atoms with Gasteiger partial charge in [-0.3, -0.25) is 4.68 Å². The molecule has 0 atom stereocenters. The first-order valence-corrected chi connectivity index (χ1v) is 3.96. The van der Waals surface area contributed by atoms with E-state index in [0.29, 0.717) is 6.54 Å². The van der Waals surface area contributed by atoms with Crippen LogP contribution in [0, 0.1) is 0 Å². The fourth-order valence-electron chi connectivity index (χ4n) is 0.939. The van der Waals surface area contributed by atoms with Crippen LogP contribution in [0.1, 0.15) is 19.0 Å². The highest BCUT2D eigenvalue weighted by Crippen LogP contribution is 1.93. The zero-order chi connectivity index (χ0) is 8.10. The second-order valence-electron chi connectivity index (χ2n) is 2.51. The third kappa shape index (κ3) is 2.31. The normalized spacial score (nSPS) is 10.4. The van der Waals surface area contributed by atoms with Crippen LogP contribution in [0.5, 0.6) is 0 Å². The SMILES string of the molecule is CCCn1cc(CCN)nn1. The molecular formula is C7H14N4. The third-order valence-electron chi connectivity index (χ3n) is 1.44. The molecule has 0 aromatic carbocycles. The number of hydrogen-bond donors (Lipinski definition) is 1. The van der Waals surface area contributed by atoms with E-state index in [0.717, 1.165) is 25.1 Å². The van der Waals surface area contributed by atoms with Crippen LogP contribution < -0.4 is 5.73 Å². The largest absolute Gasteiger partial charge is 0.330 e. The third-order valence-corrected chi connectivity index (χ3v) is 1.44. The summed E-state index contributed by atoms with van der Waals surface area (Å²) < 4.78 is 1.85. The van der Waals surface area contributed by atoms with Crippen LogP contribution in [0.3, 0.4) is 0 Å². The molecular weight excluding hydrogens is 140 g/mol. The van der Waals surface area contributed by atoms with E-state index < -0.39 is 0 Å². The van der Waals surface area contributed by atoms with Crippen LogP contribution in [0.4, 0.5) is 0 Å². The Morgan fingerprint density at radius 1 is 1.64 bits per heavy atom. The van der Waals surface area contributed by atoms with E-state index in [1.807, 2.05) is 10.9 Å². The van der Waals surface area contributed by atoms with E-state index in [1.54, 1.807) is 0 Å². The molecule has 11 heavy (non-hydrogen) atoms. The van der Waals surface area contributed by atoms with Crippen molar-refractivity contribution in [1.82, 2.24) is 15.0 Å². The van der Waals surface area contributed by atoms with Gasteiger partial charge in [0.05, 0.1) is 5.69 Å². The fourth-order valence-corrected chi connectivity index (χ4v) is 0.939. The van der Waals surface area contributed by atoms with Gasteiger partial charge >= 0.3 is 0 Å². The first kappa shape index (κ1) is 8.20. The quantitative estimate of drug-likeness (QED) is 0.673. The average Bonchev–Trinajstić information content (AvgIpc) is 2.38. The van der Waals surface area contributed by atoms with Crippen molar-refractivity contribution in [2.24, 2.45) is 5.73 Å². The van der Waals surface area contributed by atoms with Crippen LogP contribution in [-0.2, 0) is 13.0 Å². The van der Waals surface area contributed by atoms with E-state index in [2.05, 4.69) is 17.2 Å². The lowest BCUT2D eigenvalue weighted by Gasteiger charge is -1.92. The van der Waals surface area contributed by atoms with Crippen LogP contribution in [0.15, 0.2) is 6.20 Å². The van der Waals surface area contributed by atoms with Gasteiger partial charge in [0.15, 0.2) is 0 Å². The predicted molar refractivity (Wildman–Crippen MR) is 43.1 cm³/mol. The molecule has 4 heteroatoms. The molecule has 2 N–H and O–H groups in total. The lowest BCUT2D eigenvalue weighted by molar-refractivity contribution is 0.579. The van der Waals surface area contributed by atoms with Gasteiger partial charge in [0.25, 0.3) is 0 Å². The zero-order valence-corrected chi connectivity index (χ0v) is 6.82. The van der Waals surface area contributed by atoms with Gasteiger partial charge < -0.3 is 5.73 Å². The monoisotopic (exact) mass is 154 g/mol. The van der Waals surface area contributed by atoms with Crippen molar-refractivity contribution >= 4 is 0 Å². The molecule has 62 valence electrons. The van der Waals surface area contributed by atoms with E-state index >= 15 is 0 Å². The van der Waals surface area contributed by atoms with Gasteiger partial charge in [-0.1, -0.05) is 12.1 Å². The molecule has 1 aromatic heterocycles. The van der Waals surface area contributed by atoms with Crippen LogP contribution in [0.25, 0.3) is 0 Å². The first-order valence-electron chi connectivity index (χ1n) is 3.96. The molecule has 1 rings (SSSR count). The molecule has 0 radical (unpaired) electrons. The Labute approximate surface area is 66.4 Å². The Kier molecular flexibility index (Phi) is 3.04. The summed E-state index contributed by atoms with van der Waals surface area (Å²) in [6.07, 6.45) is 3.87. The fraction of sp³-hybridized carbons (Fsp3) is 0.714. The minimum Gasteiger partial charge on any atom is -0.330 e. The molecule has 0 unspecified atom stereocenters. The second-order valence-corrected chi connectivity index (χ2v) is 2.51. The Balaban J connectivity index is 2.51. The topological polar surface area (TPSA) is 56.7 Å². The molecule has 1 aromatic rings. The van der Waals surface area contributed by atoms with Crippen molar-refractivity contribution in [3.05, 3.63) is 11.9 Å². The Morgan fingerprint density at radius 2 is 2.45 bits per heavy atom. The summed E-state index contributed by atoms with van der Waals surface area (Å²) in [6, 6.07) is 0. The standard InChI is InChI=1S/C7H14N4/c1-2-5-11-6-7(3-4-8)9-10-11/h6H,2-5,8H2,1H3. The van der Waals surface area contributed by atoms with Gasteiger partial charge in [0.2, 0.25) is 0 Å². The maximum Gasteiger partial charge on any atom is 0.0839 e. The molecule has 4 nitrogen and oxygen atoms in total. The maximum atomic E-state index is 5.37. The summed E-state index contributed by atoms with van der Waals surface area (Å²) in [5, 5.41) is 7.89. The molecule has 0 aliphatic carbocycles. The van der Waals surface area contributed by atoms with Crippen LogP contribution in [-0.4, -0.2) is 21.5 Å². The van der Waals surface area contributed by atoms with Crippen molar-refractivity contribution in [2.45, 2.75) is 26.3 Å². The van der Waals surface area contributed by atoms with Crippen molar-refractivity contribution in [1.29, 1.82) is 0 Å². The van der Waals surface area contributed by atoms with E-state index in [1.165, 1.54) is 0 Å². The molecule has 0 spiro atoms. The Bertz CT molecular complexity index is 185. The highest BCUT2D eigenvalue weighted by molar-refractivity contribution is 4.92. The number of aromatic nitrogens is 3. The molecule has 1 heterocycles. The smallest absolute Gasteiger partial charge is 0.0839 e. The van der Waals surface area contributed by atoms with Gasteiger partial charge in [-0.05, 0) is 13.0 Å². The Morgan fingerprint density at radius 3 is 3.09 bits per heavy atom. The summed E-state index contributed by atoms with van der Waals surface area (Å²) in [7, 11) is 0. The lowest BCUT2D eigenvalue weighted by atomic mass is 10.3. The lowest BCUT2D eigenvalue weighted by Crippen LogP contribution is -2.02. The highest BCUT2D eigenvalue weighted by atomic mass is 15.4. The number of hydrogen-bond acceptors (Lipinski definition) is 3. The van der Waals surface area contributed by atoms with Gasteiger partial charge in [0.1, 0.15) is 0 Å². The minimum atomic E-state index is 0.644. The highest BCUT2D eigenvalue weighted by Gasteiger charge is 1.96. The number of nitrogens with two attached hydrogens (primary N) is 1. The molecule has 0 fully saturated rings. The van der Waals surface area contributed by atoms with Crippen LogP contribution in [0.2, 0.25) is 0 Å². The Hall–Kier alpha value is -0.900. The summed E-state index contributed by atoms with van der Waals surface area (Å²) in [5.41, 5.74) is 6.35. The molecule has 0 saturated heterocycles. The van der Waals surface area contributed by atoms with Crippen LogP contribution >= 0.6 is 0 Å². The summed E-state index contributed by atoms with van der Waals surface area (Å²) in [6.45, 7) is 3.70. The number of aryl methyl sites for hydroxylation is 1. The van der Waals surface area contributed by atoms with E-state index in [9.17, 15) is 0 Å². The minimum absolute atomic E-state index is 0.644. The molecule has 0 saturated carbocycles. The summed E-state index contributed by atoms with van der Waals surface area (Å²) >= 11 is 0. The molecule has 0 aliphatic rings. The molecule has 0 aliphatic heterocycles. The number of rotatable bonds is 4. The summed E-state index contributed by atoms with van der Waals surface area (Å²) in [4.78, 5) is 0. The van der Waals surface area contributed by atoms with Crippen molar-refractivity contribution < 1.29 is 0 Å². The van der Waals surface area contributed by atoms with Crippen molar-refractivity contribution in [3.63, 3.8) is 0 Å². The van der Waals surface area contributed by atoms with Gasteiger partial charge in [-0.15, -0.1) is 5.10 Å². The number of nitrogens with zero attached hydrogens (tertiary/aromatic N) is 3. The molecule has 0 amide bonds. The summed E-state index contributed by atoms with van der Waals surface area (Å²) in [5.74, 6) is 0. The molecule has 0 bridgehead atoms. The van der Waals surface area contributed by atoms with E-state index in [4.69, 9.17) is 5.73 Å². The maximum absolute atomic E-state index is 5.37. The van der Waals surface area contributed by atoms with Gasteiger partial charge in [0, 0.05) is 19.2 Å². The first-order chi connectivity index (χ1) is 5.36. The zero-order valence-electron chi connectivity index (χ0n) is 6.82. The second kappa shape index (κ2) is 4.08. The van der Waals surface area contributed by atoms with Gasteiger partial charge in [-0.2, -0.15) is 0 Å². The van der Waals surface area contributed by atoms with Gasteiger partial charge in [-0.25, -0.2) is 0 Å². The van der Waals surface area contributed by atoms with Crippen molar-refractivity contribution in [3.8, 4) is 0 Å². The van der Waals surface area contributed by atoms with E-state index in [-0.39, 0.29) is 0 Å². The average molecular weight is 154 g/mol. The van der Waals surface area contributed by atoms with Crippen molar-refractivity contribution in [2.75, 3.05) is 6.54 Å². The predicted octanol–water partition coefficient (Wildman–Crippen LogP) is 0.189.